The smallest absolute Gasteiger partial charge is 0.240 e. The zero-order chi connectivity index (χ0) is 20.9. The molecule has 2 aromatic rings. The summed E-state index contributed by atoms with van der Waals surface area (Å²) in [7, 11) is -3.50. The summed E-state index contributed by atoms with van der Waals surface area (Å²) in [5, 5.41) is -1.04. The average molecular weight is 413 g/mol. The van der Waals surface area contributed by atoms with Crippen molar-refractivity contribution in [1.29, 1.82) is 0 Å². The fourth-order valence-electron chi connectivity index (χ4n) is 3.80. The molecule has 0 bridgehead atoms. The van der Waals surface area contributed by atoms with E-state index in [2.05, 4.69) is 35.7 Å². The van der Waals surface area contributed by atoms with Crippen LogP contribution in [-0.4, -0.2) is 61.3 Å². The summed E-state index contributed by atoms with van der Waals surface area (Å²) in [6, 6.07) is 20.8. The van der Waals surface area contributed by atoms with Crippen molar-refractivity contribution in [3.05, 3.63) is 84.4 Å². The van der Waals surface area contributed by atoms with Crippen LogP contribution in [0.5, 0.6) is 0 Å². The number of rotatable bonds is 7. The summed E-state index contributed by atoms with van der Waals surface area (Å²) in [4.78, 5) is 16.8. The van der Waals surface area contributed by atoms with E-state index in [-0.39, 0.29) is 17.7 Å². The maximum atomic E-state index is 12.7. The normalized spacial score (nSPS) is 16.6. The topological polar surface area (TPSA) is 57.7 Å². The lowest BCUT2D eigenvalue weighted by Crippen LogP contribution is -2.53. The quantitative estimate of drug-likeness (QED) is 0.656. The van der Waals surface area contributed by atoms with E-state index >= 15 is 0 Å². The van der Waals surface area contributed by atoms with E-state index in [9.17, 15) is 13.2 Å². The van der Waals surface area contributed by atoms with Gasteiger partial charge in [-0.1, -0.05) is 66.7 Å². The molecule has 1 aliphatic rings. The van der Waals surface area contributed by atoms with Crippen LogP contribution in [-0.2, 0) is 14.6 Å². The SMILES string of the molecule is C=CCS(=O)(=O)C(C)C(=O)N1CCN(C(c2ccccc2)c2ccccc2)CC1. The summed E-state index contributed by atoms with van der Waals surface area (Å²) >= 11 is 0. The average Bonchev–Trinajstić information content (AvgIpc) is 2.75. The van der Waals surface area contributed by atoms with Gasteiger partial charge >= 0.3 is 0 Å². The first-order valence-electron chi connectivity index (χ1n) is 9.89. The van der Waals surface area contributed by atoms with Crippen LogP contribution in [0, 0.1) is 0 Å². The highest BCUT2D eigenvalue weighted by Crippen LogP contribution is 2.29. The van der Waals surface area contributed by atoms with Crippen LogP contribution in [0.2, 0.25) is 0 Å². The third-order valence-electron chi connectivity index (χ3n) is 5.46. The molecule has 1 atom stereocenters. The number of amides is 1. The van der Waals surface area contributed by atoms with Crippen LogP contribution in [0.25, 0.3) is 0 Å². The number of hydrogen-bond acceptors (Lipinski definition) is 4. The monoisotopic (exact) mass is 412 g/mol. The predicted molar refractivity (Wildman–Crippen MR) is 116 cm³/mol. The molecule has 1 heterocycles. The summed E-state index contributed by atoms with van der Waals surface area (Å²) in [5.74, 6) is -0.494. The Morgan fingerprint density at radius 3 is 1.90 bits per heavy atom. The molecule has 1 unspecified atom stereocenters. The highest BCUT2D eigenvalue weighted by Gasteiger charge is 2.34. The Morgan fingerprint density at radius 2 is 1.45 bits per heavy atom. The van der Waals surface area contributed by atoms with Crippen LogP contribution in [0.15, 0.2) is 73.3 Å². The van der Waals surface area contributed by atoms with Gasteiger partial charge in [-0.3, -0.25) is 9.69 Å². The molecule has 2 aromatic carbocycles. The van der Waals surface area contributed by atoms with Crippen molar-refractivity contribution in [3.63, 3.8) is 0 Å². The second-order valence-corrected chi connectivity index (χ2v) is 9.71. The highest BCUT2D eigenvalue weighted by molar-refractivity contribution is 7.92. The molecule has 1 aliphatic heterocycles. The van der Waals surface area contributed by atoms with E-state index in [4.69, 9.17) is 0 Å². The molecule has 29 heavy (non-hydrogen) atoms. The van der Waals surface area contributed by atoms with Crippen molar-refractivity contribution < 1.29 is 13.2 Å². The molecule has 3 rings (SSSR count). The number of carbonyl (C=O) groups excluding carboxylic acids is 1. The van der Waals surface area contributed by atoms with Gasteiger partial charge in [0.15, 0.2) is 9.84 Å². The van der Waals surface area contributed by atoms with Crippen LogP contribution in [0.3, 0.4) is 0 Å². The van der Waals surface area contributed by atoms with Gasteiger partial charge in [0.2, 0.25) is 5.91 Å². The third-order valence-corrected chi connectivity index (χ3v) is 7.44. The molecule has 154 valence electrons. The Balaban J connectivity index is 1.74. The lowest BCUT2D eigenvalue weighted by atomic mass is 9.96. The number of piperazine rings is 1. The maximum Gasteiger partial charge on any atom is 0.240 e. The molecule has 5 nitrogen and oxygen atoms in total. The van der Waals surface area contributed by atoms with E-state index in [0.717, 1.165) is 0 Å². The van der Waals surface area contributed by atoms with Crippen LogP contribution in [0.4, 0.5) is 0 Å². The Labute approximate surface area is 173 Å². The van der Waals surface area contributed by atoms with Gasteiger partial charge in [0.25, 0.3) is 0 Å². The molecule has 0 aromatic heterocycles. The third kappa shape index (κ3) is 4.95. The van der Waals surface area contributed by atoms with Crippen molar-refractivity contribution in [2.45, 2.75) is 18.2 Å². The van der Waals surface area contributed by atoms with Crippen LogP contribution in [0.1, 0.15) is 24.1 Å². The predicted octanol–water partition coefficient (Wildman–Crippen LogP) is 2.91. The van der Waals surface area contributed by atoms with Crippen molar-refractivity contribution in [2.75, 3.05) is 31.9 Å². The molecule has 1 fully saturated rings. The summed E-state index contributed by atoms with van der Waals surface area (Å²) in [6.07, 6.45) is 1.33. The Morgan fingerprint density at radius 1 is 0.966 bits per heavy atom. The van der Waals surface area contributed by atoms with E-state index in [1.54, 1.807) is 4.90 Å². The summed E-state index contributed by atoms with van der Waals surface area (Å²) in [5.41, 5.74) is 2.42. The van der Waals surface area contributed by atoms with Gasteiger partial charge < -0.3 is 4.90 Å². The van der Waals surface area contributed by atoms with Gasteiger partial charge in [0.05, 0.1) is 11.8 Å². The number of nitrogens with zero attached hydrogens (tertiary/aromatic N) is 2. The zero-order valence-corrected chi connectivity index (χ0v) is 17.6. The van der Waals surface area contributed by atoms with Crippen LogP contribution >= 0.6 is 0 Å². The van der Waals surface area contributed by atoms with Gasteiger partial charge in [-0.15, -0.1) is 6.58 Å². The highest BCUT2D eigenvalue weighted by atomic mass is 32.2. The van der Waals surface area contributed by atoms with Crippen molar-refractivity contribution >= 4 is 15.7 Å². The van der Waals surface area contributed by atoms with E-state index in [1.165, 1.54) is 24.1 Å². The second-order valence-electron chi connectivity index (χ2n) is 7.35. The minimum Gasteiger partial charge on any atom is -0.339 e. The molecular weight excluding hydrogens is 384 g/mol. The Hall–Kier alpha value is -2.44. The van der Waals surface area contributed by atoms with Crippen molar-refractivity contribution in [2.24, 2.45) is 0 Å². The standard InChI is InChI=1S/C23H28N2O3S/c1-3-18-29(27,28)19(2)23(26)25-16-14-24(15-17-25)22(20-10-6-4-7-11-20)21-12-8-5-9-13-21/h3-13,19,22H,1,14-18H2,2H3. The first-order valence-corrected chi connectivity index (χ1v) is 11.6. The molecule has 0 N–H and O–H groups in total. The first kappa shape index (κ1) is 21.3. The molecule has 1 amide bonds. The van der Waals surface area contributed by atoms with Gasteiger partial charge in [0, 0.05) is 26.2 Å². The zero-order valence-electron chi connectivity index (χ0n) is 16.8. The number of hydrogen-bond donors (Lipinski definition) is 0. The second kappa shape index (κ2) is 9.37. The Bertz CT molecular complexity index is 882. The van der Waals surface area contributed by atoms with E-state index in [0.29, 0.717) is 26.2 Å². The summed E-state index contributed by atoms with van der Waals surface area (Å²) < 4.78 is 24.5. The van der Waals surface area contributed by atoms with Gasteiger partial charge in [-0.05, 0) is 18.1 Å². The van der Waals surface area contributed by atoms with Crippen LogP contribution < -0.4 is 0 Å². The van der Waals surface area contributed by atoms with Gasteiger partial charge in [0.1, 0.15) is 5.25 Å². The van der Waals surface area contributed by atoms with E-state index in [1.807, 2.05) is 36.4 Å². The van der Waals surface area contributed by atoms with Gasteiger partial charge in [-0.25, -0.2) is 8.42 Å². The maximum absolute atomic E-state index is 12.7. The summed E-state index contributed by atoms with van der Waals surface area (Å²) in [6.45, 7) is 7.36. The number of carbonyl (C=O) groups is 1. The molecule has 1 saturated heterocycles. The number of sulfone groups is 1. The fourth-order valence-corrected chi connectivity index (χ4v) is 4.88. The molecule has 0 radical (unpaired) electrons. The molecule has 6 heteroatoms. The molecule has 0 saturated carbocycles. The lowest BCUT2D eigenvalue weighted by molar-refractivity contribution is -0.132. The molecular formula is C23H28N2O3S. The van der Waals surface area contributed by atoms with E-state index < -0.39 is 15.1 Å². The fraction of sp³-hybridized carbons (Fsp3) is 0.348. The van der Waals surface area contributed by atoms with Crippen molar-refractivity contribution in [1.82, 2.24) is 9.80 Å². The van der Waals surface area contributed by atoms with Gasteiger partial charge in [-0.2, -0.15) is 0 Å². The minimum atomic E-state index is -3.50. The van der Waals surface area contributed by atoms with Crippen molar-refractivity contribution in [3.8, 4) is 0 Å². The minimum absolute atomic E-state index is 0.108. The Kier molecular flexibility index (Phi) is 6.87. The lowest BCUT2D eigenvalue weighted by Gasteiger charge is -2.40. The largest absolute Gasteiger partial charge is 0.339 e. The molecule has 0 spiro atoms. The number of benzene rings is 2. The first-order chi connectivity index (χ1) is 13.9. The molecule has 0 aliphatic carbocycles.